The zero-order chi connectivity index (χ0) is 19.7. The number of imide groups is 2. The van der Waals surface area contributed by atoms with E-state index in [4.69, 9.17) is 9.47 Å². The molecule has 0 aliphatic carbocycles. The van der Waals surface area contributed by atoms with E-state index in [9.17, 15) is 19.2 Å². The van der Waals surface area contributed by atoms with Gasteiger partial charge >= 0.3 is 17.8 Å². The molecule has 0 saturated carbocycles. The number of ether oxygens (including phenoxy) is 2. The molecule has 1 aromatic carbocycles. The first-order valence-electron chi connectivity index (χ1n) is 8.61. The van der Waals surface area contributed by atoms with Crippen LogP contribution in [-0.4, -0.2) is 77.3 Å². The van der Waals surface area contributed by atoms with E-state index in [2.05, 4.69) is 0 Å². The Morgan fingerprint density at radius 1 is 1.19 bits per heavy atom. The molecular weight excluding hydrogens is 354 g/mol. The number of urea groups is 1. The number of fused-ring (bicyclic) bond motifs is 1. The largest absolute Gasteiger partial charge is 0.486 e. The summed E-state index contributed by atoms with van der Waals surface area (Å²) in [5, 5.41) is 0. The molecule has 1 aromatic rings. The average molecular weight is 375 g/mol. The highest BCUT2D eigenvalue weighted by molar-refractivity contribution is 6.45. The van der Waals surface area contributed by atoms with Crippen molar-refractivity contribution in [1.29, 1.82) is 0 Å². The lowest BCUT2D eigenvalue weighted by molar-refractivity contribution is -0.145. The van der Waals surface area contributed by atoms with Crippen molar-refractivity contribution >= 4 is 23.8 Å². The van der Waals surface area contributed by atoms with Crippen molar-refractivity contribution in [3.05, 3.63) is 24.3 Å². The summed E-state index contributed by atoms with van der Waals surface area (Å²) in [5.41, 5.74) is 0. The number of nitrogens with zero attached hydrogens (tertiary/aromatic N) is 3. The molecule has 2 aliphatic rings. The van der Waals surface area contributed by atoms with E-state index in [1.807, 2.05) is 12.1 Å². The van der Waals surface area contributed by atoms with Gasteiger partial charge in [-0.05, 0) is 26.0 Å². The Labute approximate surface area is 156 Å². The van der Waals surface area contributed by atoms with Crippen LogP contribution in [0.15, 0.2) is 24.3 Å². The van der Waals surface area contributed by atoms with Crippen LogP contribution in [0.3, 0.4) is 0 Å². The molecule has 27 heavy (non-hydrogen) atoms. The van der Waals surface area contributed by atoms with Crippen LogP contribution in [0, 0.1) is 0 Å². The maximum Gasteiger partial charge on any atom is 0.334 e. The van der Waals surface area contributed by atoms with Crippen LogP contribution in [0.2, 0.25) is 0 Å². The van der Waals surface area contributed by atoms with Crippen LogP contribution in [-0.2, 0) is 14.4 Å². The number of para-hydroxylation sites is 2. The number of benzene rings is 1. The Kier molecular flexibility index (Phi) is 5.02. The van der Waals surface area contributed by atoms with Crippen LogP contribution in [0.4, 0.5) is 4.79 Å². The molecule has 0 aromatic heterocycles. The molecule has 0 unspecified atom stereocenters. The minimum absolute atomic E-state index is 0.214. The van der Waals surface area contributed by atoms with Gasteiger partial charge in [0.15, 0.2) is 17.6 Å². The molecule has 144 valence electrons. The Morgan fingerprint density at radius 2 is 1.85 bits per heavy atom. The van der Waals surface area contributed by atoms with Gasteiger partial charge in [0.05, 0.1) is 6.54 Å². The van der Waals surface area contributed by atoms with Crippen LogP contribution >= 0.6 is 0 Å². The molecule has 0 spiro atoms. The third kappa shape index (κ3) is 3.57. The number of rotatable bonds is 5. The second-order valence-corrected chi connectivity index (χ2v) is 6.71. The standard InChI is InChI=1S/C18H21N3O6/c1-11(2)21-17(24)16(23)20(18(21)25)9-15(22)19(3)8-12-10-26-13-6-4-5-7-14(13)27-12/h4-7,11-12H,8-10H2,1-3H3/t12-/m1/s1. The van der Waals surface area contributed by atoms with Crippen molar-refractivity contribution in [2.75, 3.05) is 26.7 Å². The highest BCUT2D eigenvalue weighted by Crippen LogP contribution is 2.31. The highest BCUT2D eigenvalue weighted by Gasteiger charge is 2.46. The monoisotopic (exact) mass is 375 g/mol. The second kappa shape index (κ2) is 7.26. The molecule has 0 bridgehead atoms. The topological polar surface area (TPSA) is 96.5 Å². The van der Waals surface area contributed by atoms with Crippen molar-refractivity contribution in [2.45, 2.75) is 26.0 Å². The summed E-state index contributed by atoms with van der Waals surface area (Å²) < 4.78 is 11.4. The molecule has 1 saturated heterocycles. The molecule has 5 amide bonds. The predicted molar refractivity (Wildman–Crippen MR) is 93.1 cm³/mol. The maximum atomic E-state index is 12.4. The fourth-order valence-electron chi connectivity index (χ4n) is 2.93. The maximum absolute atomic E-state index is 12.4. The summed E-state index contributed by atoms with van der Waals surface area (Å²) in [4.78, 5) is 51.5. The molecule has 2 aliphatic heterocycles. The van der Waals surface area contributed by atoms with Gasteiger partial charge in [-0.1, -0.05) is 12.1 Å². The van der Waals surface area contributed by atoms with E-state index < -0.39 is 36.3 Å². The molecule has 0 radical (unpaired) electrons. The second-order valence-electron chi connectivity index (χ2n) is 6.71. The van der Waals surface area contributed by atoms with E-state index in [0.717, 1.165) is 4.90 Å². The van der Waals surface area contributed by atoms with Gasteiger partial charge in [0.1, 0.15) is 13.2 Å². The smallest absolute Gasteiger partial charge is 0.334 e. The number of carbonyl (C=O) groups excluding carboxylic acids is 4. The summed E-state index contributed by atoms with van der Waals surface area (Å²) >= 11 is 0. The molecule has 1 atom stereocenters. The summed E-state index contributed by atoms with van der Waals surface area (Å²) in [7, 11) is 1.54. The first kappa shape index (κ1) is 18.7. The van der Waals surface area contributed by atoms with Crippen LogP contribution in [0.1, 0.15) is 13.8 Å². The van der Waals surface area contributed by atoms with E-state index in [1.54, 1.807) is 33.0 Å². The Hall–Kier alpha value is -3.10. The molecule has 0 N–H and O–H groups in total. The Morgan fingerprint density at radius 3 is 2.48 bits per heavy atom. The Balaban J connectivity index is 1.59. The SMILES string of the molecule is CC(C)N1C(=O)C(=O)N(CC(=O)N(C)C[C@@H]2COc3ccccc3O2)C1=O. The van der Waals surface area contributed by atoms with E-state index in [-0.39, 0.29) is 19.3 Å². The predicted octanol–water partition coefficient (Wildman–Crippen LogP) is 0.484. The van der Waals surface area contributed by atoms with Gasteiger partial charge in [0, 0.05) is 13.1 Å². The normalized spacial score (nSPS) is 19.1. The zero-order valence-corrected chi connectivity index (χ0v) is 15.4. The van der Waals surface area contributed by atoms with Crippen LogP contribution in [0.5, 0.6) is 11.5 Å². The van der Waals surface area contributed by atoms with Gasteiger partial charge in [-0.15, -0.1) is 0 Å². The lowest BCUT2D eigenvalue weighted by Gasteiger charge is -2.30. The average Bonchev–Trinajstić information content (AvgIpc) is 2.84. The summed E-state index contributed by atoms with van der Waals surface area (Å²) in [6, 6.07) is 6.00. The lowest BCUT2D eigenvalue weighted by atomic mass is 10.2. The minimum atomic E-state index is -0.985. The quantitative estimate of drug-likeness (QED) is 0.549. The first-order valence-corrected chi connectivity index (χ1v) is 8.61. The fourth-order valence-corrected chi connectivity index (χ4v) is 2.93. The third-order valence-electron chi connectivity index (χ3n) is 4.36. The first-order chi connectivity index (χ1) is 12.8. The molecule has 9 nitrogen and oxygen atoms in total. The van der Waals surface area contributed by atoms with E-state index in [0.29, 0.717) is 16.4 Å². The van der Waals surface area contributed by atoms with Gasteiger partial charge in [0.25, 0.3) is 0 Å². The van der Waals surface area contributed by atoms with Gasteiger partial charge in [0.2, 0.25) is 5.91 Å². The van der Waals surface area contributed by atoms with Crippen molar-refractivity contribution in [1.82, 2.24) is 14.7 Å². The minimum Gasteiger partial charge on any atom is -0.486 e. The molecule has 1 fully saturated rings. The number of hydrogen-bond acceptors (Lipinski definition) is 6. The van der Waals surface area contributed by atoms with Crippen molar-refractivity contribution in [2.24, 2.45) is 0 Å². The number of amides is 5. The van der Waals surface area contributed by atoms with Crippen LogP contribution < -0.4 is 9.47 Å². The van der Waals surface area contributed by atoms with Crippen molar-refractivity contribution < 1.29 is 28.7 Å². The fraction of sp³-hybridized carbons (Fsp3) is 0.444. The molecule has 3 rings (SSSR count). The molecule has 2 heterocycles. The van der Waals surface area contributed by atoms with Crippen molar-refractivity contribution in [3.8, 4) is 11.5 Å². The summed E-state index contributed by atoms with van der Waals surface area (Å²) in [5.74, 6) is -1.13. The van der Waals surface area contributed by atoms with Crippen molar-refractivity contribution in [3.63, 3.8) is 0 Å². The number of likely N-dealkylation sites (N-methyl/N-ethyl adjacent to an activating group) is 1. The van der Waals surface area contributed by atoms with Gasteiger partial charge < -0.3 is 14.4 Å². The highest BCUT2D eigenvalue weighted by atomic mass is 16.6. The van der Waals surface area contributed by atoms with Gasteiger partial charge in [-0.3, -0.25) is 19.3 Å². The molecular formula is C18H21N3O6. The van der Waals surface area contributed by atoms with E-state index in [1.165, 1.54) is 4.90 Å². The number of carbonyl (C=O) groups is 4. The van der Waals surface area contributed by atoms with Gasteiger partial charge in [-0.2, -0.15) is 0 Å². The lowest BCUT2D eigenvalue weighted by Crippen LogP contribution is -2.47. The van der Waals surface area contributed by atoms with E-state index >= 15 is 0 Å². The Bertz CT molecular complexity index is 793. The molecule has 9 heteroatoms. The third-order valence-corrected chi connectivity index (χ3v) is 4.36. The number of hydrogen-bond donors (Lipinski definition) is 0. The summed E-state index contributed by atoms with van der Waals surface area (Å²) in [6.07, 6.45) is -0.382. The summed E-state index contributed by atoms with van der Waals surface area (Å²) in [6.45, 7) is 3.24. The van der Waals surface area contributed by atoms with Crippen LogP contribution in [0.25, 0.3) is 0 Å². The zero-order valence-electron chi connectivity index (χ0n) is 15.4. The van der Waals surface area contributed by atoms with Gasteiger partial charge in [-0.25, -0.2) is 9.69 Å².